The number of hydrogen-bond acceptors (Lipinski definition) is 4. The van der Waals surface area contributed by atoms with E-state index in [0.717, 1.165) is 22.3 Å². The minimum atomic E-state index is -0.301. The number of thioether (sulfide) groups is 1. The molecule has 4 aromatic rings. The Labute approximate surface area is 197 Å². The molecule has 0 N–H and O–H groups in total. The van der Waals surface area contributed by atoms with Crippen molar-refractivity contribution in [2.45, 2.75) is 25.2 Å². The van der Waals surface area contributed by atoms with Crippen molar-refractivity contribution in [2.24, 2.45) is 0 Å². The van der Waals surface area contributed by atoms with Gasteiger partial charge in [-0.15, -0.1) is 10.2 Å². The fourth-order valence-electron chi connectivity index (χ4n) is 3.48. The highest BCUT2D eigenvalue weighted by Gasteiger charge is 2.18. The van der Waals surface area contributed by atoms with Gasteiger partial charge >= 0.3 is 0 Å². The number of rotatable bonds is 8. The second kappa shape index (κ2) is 10.4. The zero-order chi connectivity index (χ0) is 23.2. The summed E-state index contributed by atoms with van der Waals surface area (Å²) in [6.07, 6.45) is 0. The van der Waals surface area contributed by atoms with Crippen LogP contribution in [0.25, 0.3) is 11.4 Å². The molecule has 0 saturated carbocycles. The van der Waals surface area contributed by atoms with Gasteiger partial charge in [-0.05, 0) is 47.9 Å². The Bertz CT molecular complexity index is 1220. The Morgan fingerprint density at radius 3 is 2.39 bits per heavy atom. The van der Waals surface area contributed by atoms with Crippen LogP contribution in [0.1, 0.15) is 16.7 Å². The zero-order valence-corrected chi connectivity index (χ0v) is 19.4. The van der Waals surface area contributed by atoms with Crippen LogP contribution in [0.3, 0.4) is 0 Å². The van der Waals surface area contributed by atoms with Crippen molar-refractivity contribution in [3.05, 3.63) is 101 Å². The lowest BCUT2D eigenvalue weighted by Crippen LogP contribution is -2.28. The third-order valence-electron chi connectivity index (χ3n) is 5.42. The van der Waals surface area contributed by atoms with Crippen LogP contribution < -0.4 is 0 Å². The second-order valence-corrected chi connectivity index (χ2v) is 8.79. The van der Waals surface area contributed by atoms with E-state index in [-0.39, 0.29) is 17.5 Å². The number of nitrogens with zero attached hydrogens (tertiary/aromatic N) is 4. The highest BCUT2D eigenvalue weighted by Crippen LogP contribution is 2.26. The van der Waals surface area contributed by atoms with Gasteiger partial charge in [0.1, 0.15) is 5.82 Å². The molecule has 7 heteroatoms. The first kappa shape index (κ1) is 22.7. The molecule has 168 valence electrons. The van der Waals surface area contributed by atoms with Gasteiger partial charge in [0.2, 0.25) is 5.91 Å². The number of carbonyl (C=O) groups is 1. The molecule has 0 bridgehead atoms. The molecule has 33 heavy (non-hydrogen) atoms. The van der Waals surface area contributed by atoms with Crippen LogP contribution in [0.4, 0.5) is 4.39 Å². The Balaban J connectivity index is 1.52. The van der Waals surface area contributed by atoms with Gasteiger partial charge in [-0.2, -0.15) is 0 Å². The van der Waals surface area contributed by atoms with E-state index in [1.165, 1.54) is 23.9 Å². The molecule has 1 amide bonds. The highest BCUT2D eigenvalue weighted by molar-refractivity contribution is 7.99. The van der Waals surface area contributed by atoms with Crippen LogP contribution in [-0.2, 0) is 17.9 Å². The van der Waals surface area contributed by atoms with Crippen molar-refractivity contribution in [3.63, 3.8) is 0 Å². The van der Waals surface area contributed by atoms with E-state index < -0.39 is 0 Å². The summed E-state index contributed by atoms with van der Waals surface area (Å²) in [7, 11) is 1.81. The van der Waals surface area contributed by atoms with Crippen molar-refractivity contribution in [1.82, 2.24) is 19.7 Å². The topological polar surface area (TPSA) is 51.0 Å². The second-order valence-electron chi connectivity index (χ2n) is 7.85. The Morgan fingerprint density at radius 2 is 1.67 bits per heavy atom. The van der Waals surface area contributed by atoms with Gasteiger partial charge in [-0.3, -0.25) is 9.36 Å². The predicted molar refractivity (Wildman–Crippen MR) is 129 cm³/mol. The molecule has 4 rings (SSSR count). The monoisotopic (exact) mass is 460 g/mol. The number of aromatic nitrogens is 3. The summed E-state index contributed by atoms with van der Waals surface area (Å²) in [4.78, 5) is 14.6. The standard InChI is InChI=1S/C26H25FN4OS/c1-19-8-6-7-11-22(19)17-30(2)24(32)18-33-26-29-28-25(21-12-14-23(27)15-13-21)31(26)16-20-9-4-3-5-10-20/h3-15H,16-18H2,1-2H3. The predicted octanol–water partition coefficient (Wildman–Crippen LogP) is 5.19. The summed E-state index contributed by atoms with van der Waals surface area (Å²) in [5.74, 6) is 0.603. The van der Waals surface area contributed by atoms with Gasteiger partial charge in [0.15, 0.2) is 11.0 Å². The molecule has 1 heterocycles. The van der Waals surface area contributed by atoms with Crippen LogP contribution in [0.2, 0.25) is 0 Å². The summed E-state index contributed by atoms with van der Waals surface area (Å²) < 4.78 is 15.4. The molecule has 0 aliphatic rings. The van der Waals surface area contributed by atoms with Crippen LogP contribution in [0.5, 0.6) is 0 Å². The SMILES string of the molecule is Cc1ccccc1CN(C)C(=O)CSc1nnc(-c2ccc(F)cc2)n1Cc1ccccc1. The molecule has 5 nitrogen and oxygen atoms in total. The van der Waals surface area contributed by atoms with E-state index >= 15 is 0 Å². The third-order valence-corrected chi connectivity index (χ3v) is 6.37. The molecule has 0 aliphatic heterocycles. The first-order valence-corrected chi connectivity index (χ1v) is 11.6. The first-order chi connectivity index (χ1) is 16.0. The van der Waals surface area contributed by atoms with Gasteiger partial charge < -0.3 is 4.90 Å². The van der Waals surface area contributed by atoms with E-state index in [0.29, 0.717) is 24.1 Å². The average molecular weight is 461 g/mol. The van der Waals surface area contributed by atoms with Crippen LogP contribution in [0.15, 0.2) is 84.0 Å². The van der Waals surface area contributed by atoms with Gasteiger partial charge in [-0.1, -0.05) is 66.4 Å². The maximum atomic E-state index is 13.4. The minimum absolute atomic E-state index is 0.0147. The lowest BCUT2D eigenvalue weighted by Gasteiger charge is -2.18. The average Bonchev–Trinajstić information content (AvgIpc) is 3.22. The van der Waals surface area contributed by atoms with Crippen molar-refractivity contribution >= 4 is 17.7 Å². The van der Waals surface area contributed by atoms with Crippen molar-refractivity contribution < 1.29 is 9.18 Å². The van der Waals surface area contributed by atoms with E-state index in [1.54, 1.807) is 17.0 Å². The fourth-order valence-corrected chi connectivity index (χ4v) is 4.36. The normalized spacial score (nSPS) is 10.9. The summed E-state index contributed by atoms with van der Waals surface area (Å²) in [6.45, 7) is 3.16. The molecule has 1 aromatic heterocycles. The minimum Gasteiger partial charge on any atom is -0.341 e. The van der Waals surface area contributed by atoms with E-state index in [9.17, 15) is 9.18 Å². The number of amides is 1. The fraction of sp³-hybridized carbons (Fsp3) is 0.192. The Kier molecular flexibility index (Phi) is 7.19. The molecular formula is C26H25FN4OS. The largest absolute Gasteiger partial charge is 0.341 e. The Morgan fingerprint density at radius 1 is 0.970 bits per heavy atom. The molecular weight excluding hydrogens is 435 g/mol. The molecule has 3 aromatic carbocycles. The summed E-state index contributed by atoms with van der Waals surface area (Å²) in [5, 5.41) is 9.36. The highest BCUT2D eigenvalue weighted by atomic mass is 32.2. The first-order valence-electron chi connectivity index (χ1n) is 10.7. The van der Waals surface area contributed by atoms with Crippen molar-refractivity contribution in [3.8, 4) is 11.4 Å². The van der Waals surface area contributed by atoms with Gasteiger partial charge in [0.25, 0.3) is 0 Å². The van der Waals surface area contributed by atoms with Crippen LogP contribution in [0, 0.1) is 12.7 Å². The molecule has 0 saturated heterocycles. The molecule has 0 fully saturated rings. The molecule has 0 aliphatic carbocycles. The van der Waals surface area contributed by atoms with E-state index in [4.69, 9.17) is 0 Å². The zero-order valence-electron chi connectivity index (χ0n) is 18.6. The quantitative estimate of drug-likeness (QED) is 0.340. The summed E-state index contributed by atoms with van der Waals surface area (Å²) >= 11 is 1.36. The number of halogens is 1. The van der Waals surface area contributed by atoms with Crippen molar-refractivity contribution in [1.29, 1.82) is 0 Å². The summed E-state index contributed by atoms with van der Waals surface area (Å²) in [6, 6.07) is 24.3. The molecule has 0 radical (unpaired) electrons. The smallest absolute Gasteiger partial charge is 0.233 e. The molecule has 0 atom stereocenters. The number of hydrogen-bond donors (Lipinski definition) is 0. The van der Waals surface area contributed by atoms with E-state index in [1.807, 2.05) is 73.1 Å². The van der Waals surface area contributed by atoms with Gasteiger partial charge in [-0.25, -0.2) is 4.39 Å². The number of aryl methyl sites for hydroxylation is 1. The Hall–Kier alpha value is -3.45. The summed E-state index contributed by atoms with van der Waals surface area (Å²) in [5.41, 5.74) is 4.15. The van der Waals surface area contributed by atoms with Crippen molar-refractivity contribution in [2.75, 3.05) is 12.8 Å². The lowest BCUT2D eigenvalue weighted by molar-refractivity contribution is -0.127. The van der Waals surface area contributed by atoms with E-state index in [2.05, 4.69) is 10.2 Å². The van der Waals surface area contributed by atoms with Gasteiger partial charge in [0.05, 0.1) is 12.3 Å². The third kappa shape index (κ3) is 5.68. The maximum Gasteiger partial charge on any atom is 0.233 e. The van der Waals surface area contributed by atoms with Crippen LogP contribution >= 0.6 is 11.8 Å². The van der Waals surface area contributed by atoms with Crippen LogP contribution in [-0.4, -0.2) is 38.4 Å². The van der Waals surface area contributed by atoms with Gasteiger partial charge in [0, 0.05) is 19.2 Å². The lowest BCUT2D eigenvalue weighted by atomic mass is 10.1. The molecule has 0 spiro atoms. The number of benzene rings is 3. The maximum absolute atomic E-state index is 13.4. The number of carbonyl (C=O) groups excluding carboxylic acids is 1. The molecule has 0 unspecified atom stereocenters.